The summed E-state index contributed by atoms with van der Waals surface area (Å²) in [5.41, 5.74) is 0.736. The third-order valence-electron chi connectivity index (χ3n) is 3.21. The molecule has 0 saturated carbocycles. The molecule has 0 amide bonds. The topological polar surface area (TPSA) is 49.7 Å². The highest BCUT2D eigenvalue weighted by Gasteiger charge is 2.21. The second kappa shape index (κ2) is 6.71. The van der Waals surface area contributed by atoms with Crippen LogP contribution >= 0.6 is 0 Å². The standard InChI is InChI=1S/C14H21FO3/c1-4-10(7-13(17)9(2)16)12-8-11(15)5-6-14(12)18-3/h5-6,8-10,13,16-17H,4,7H2,1-3H3. The van der Waals surface area contributed by atoms with Crippen molar-refractivity contribution < 1.29 is 19.3 Å². The van der Waals surface area contributed by atoms with E-state index in [1.807, 2.05) is 6.92 Å². The van der Waals surface area contributed by atoms with E-state index in [4.69, 9.17) is 4.74 Å². The molecule has 1 aromatic rings. The molecule has 3 unspecified atom stereocenters. The summed E-state index contributed by atoms with van der Waals surface area (Å²) in [5, 5.41) is 19.1. The van der Waals surface area contributed by atoms with E-state index < -0.39 is 12.2 Å². The van der Waals surface area contributed by atoms with Crippen LogP contribution in [0.2, 0.25) is 0 Å². The Bertz CT molecular complexity index is 379. The lowest BCUT2D eigenvalue weighted by molar-refractivity contribution is 0.0213. The van der Waals surface area contributed by atoms with Gasteiger partial charge in [0.2, 0.25) is 0 Å². The maximum Gasteiger partial charge on any atom is 0.123 e. The molecule has 1 rings (SSSR count). The Balaban J connectivity index is 2.97. The Labute approximate surface area is 107 Å². The van der Waals surface area contributed by atoms with Gasteiger partial charge in [-0.25, -0.2) is 4.39 Å². The molecule has 3 atom stereocenters. The Morgan fingerprint density at radius 3 is 2.50 bits per heavy atom. The molecule has 4 heteroatoms. The minimum atomic E-state index is -0.817. The summed E-state index contributed by atoms with van der Waals surface area (Å²) in [6.45, 7) is 3.50. The van der Waals surface area contributed by atoms with E-state index in [9.17, 15) is 14.6 Å². The number of hydrogen-bond donors (Lipinski definition) is 2. The summed E-state index contributed by atoms with van der Waals surface area (Å²) in [6, 6.07) is 4.37. The Kier molecular flexibility index (Phi) is 5.56. The van der Waals surface area contributed by atoms with Gasteiger partial charge in [-0.05, 0) is 43.9 Å². The molecule has 0 heterocycles. The molecule has 0 fully saturated rings. The summed E-state index contributed by atoms with van der Waals surface area (Å²) in [4.78, 5) is 0. The van der Waals surface area contributed by atoms with Crippen molar-refractivity contribution in [1.82, 2.24) is 0 Å². The molecule has 0 aliphatic rings. The van der Waals surface area contributed by atoms with Crippen molar-refractivity contribution in [1.29, 1.82) is 0 Å². The maximum atomic E-state index is 13.3. The molecule has 0 bridgehead atoms. The highest BCUT2D eigenvalue weighted by molar-refractivity contribution is 5.36. The Morgan fingerprint density at radius 1 is 1.33 bits per heavy atom. The van der Waals surface area contributed by atoms with E-state index in [1.165, 1.54) is 19.2 Å². The van der Waals surface area contributed by atoms with Crippen LogP contribution in [0.4, 0.5) is 4.39 Å². The average Bonchev–Trinajstić information content (AvgIpc) is 2.35. The first-order valence-electron chi connectivity index (χ1n) is 6.19. The van der Waals surface area contributed by atoms with Crippen LogP contribution in [0.5, 0.6) is 5.75 Å². The lowest BCUT2D eigenvalue weighted by Crippen LogP contribution is -2.24. The molecule has 0 spiro atoms. The van der Waals surface area contributed by atoms with Crippen LogP contribution in [-0.4, -0.2) is 29.5 Å². The second-order valence-corrected chi connectivity index (χ2v) is 4.54. The number of methoxy groups -OCH3 is 1. The maximum absolute atomic E-state index is 13.3. The van der Waals surface area contributed by atoms with Gasteiger partial charge in [0.15, 0.2) is 0 Å². The van der Waals surface area contributed by atoms with Gasteiger partial charge < -0.3 is 14.9 Å². The van der Waals surface area contributed by atoms with Crippen LogP contribution in [-0.2, 0) is 0 Å². The van der Waals surface area contributed by atoms with E-state index in [1.54, 1.807) is 13.0 Å². The van der Waals surface area contributed by atoms with Gasteiger partial charge in [-0.3, -0.25) is 0 Å². The van der Waals surface area contributed by atoms with E-state index in [-0.39, 0.29) is 11.7 Å². The zero-order chi connectivity index (χ0) is 13.7. The molecule has 2 N–H and O–H groups in total. The van der Waals surface area contributed by atoms with Crippen LogP contribution in [0.1, 0.15) is 38.2 Å². The number of ether oxygens (including phenoxy) is 1. The molecule has 0 radical (unpaired) electrons. The van der Waals surface area contributed by atoms with E-state index in [2.05, 4.69) is 0 Å². The van der Waals surface area contributed by atoms with Crippen molar-refractivity contribution in [3.05, 3.63) is 29.6 Å². The third kappa shape index (κ3) is 3.68. The average molecular weight is 256 g/mol. The van der Waals surface area contributed by atoms with Crippen molar-refractivity contribution in [2.24, 2.45) is 0 Å². The van der Waals surface area contributed by atoms with Crippen LogP contribution in [0.15, 0.2) is 18.2 Å². The lowest BCUT2D eigenvalue weighted by Gasteiger charge is -2.22. The highest BCUT2D eigenvalue weighted by Crippen LogP contribution is 2.33. The fourth-order valence-electron chi connectivity index (χ4n) is 2.03. The van der Waals surface area contributed by atoms with Gasteiger partial charge in [0.25, 0.3) is 0 Å². The first kappa shape index (κ1) is 14.9. The van der Waals surface area contributed by atoms with Gasteiger partial charge in [0.05, 0.1) is 19.3 Å². The molecule has 0 aliphatic heterocycles. The van der Waals surface area contributed by atoms with Crippen molar-refractivity contribution >= 4 is 0 Å². The minimum absolute atomic E-state index is 0.0414. The van der Waals surface area contributed by atoms with Crippen molar-refractivity contribution in [2.75, 3.05) is 7.11 Å². The number of aliphatic hydroxyl groups is 2. The molecule has 1 aromatic carbocycles. The highest BCUT2D eigenvalue weighted by atomic mass is 19.1. The molecular formula is C14H21FO3. The quantitative estimate of drug-likeness (QED) is 0.822. The normalized spacial score (nSPS) is 16.1. The predicted molar refractivity (Wildman–Crippen MR) is 68.3 cm³/mol. The number of halogens is 1. The van der Waals surface area contributed by atoms with Crippen molar-refractivity contribution in [3.8, 4) is 5.75 Å². The van der Waals surface area contributed by atoms with E-state index in [0.29, 0.717) is 12.2 Å². The number of hydrogen-bond acceptors (Lipinski definition) is 3. The first-order chi connectivity index (χ1) is 8.49. The largest absolute Gasteiger partial charge is 0.496 e. The molecule has 3 nitrogen and oxygen atoms in total. The van der Waals surface area contributed by atoms with Crippen LogP contribution < -0.4 is 4.74 Å². The van der Waals surface area contributed by atoms with E-state index in [0.717, 1.165) is 12.0 Å². The monoisotopic (exact) mass is 256 g/mol. The zero-order valence-electron chi connectivity index (χ0n) is 11.1. The molecule has 102 valence electrons. The number of rotatable bonds is 6. The number of aliphatic hydroxyl groups excluding tert-OH is 2. The molecular weight excluding hydrogens is 235 g/mol. The fourth-order valence-corrected chi connectivity index (χ4v) is 2.03. The van der Waals surface area contributed by atoms with Crippen molar-refractivity contribution in [3.63, 3.8) is 0 Å². The third-order valence-corrected chi connectivity index (χ3v) is 3.21. The molecule has 18 heavy (non-hydrogen) atoms. The lowest BCUT2D eigenvalue weighted by atomic mass is 9.89. The Hall–Kier alpha value is -1.13. The smallest absolute Gasteiger partial charge is 0.123 e. The summed E-state index contributed by atoms with van der Waals surface area (Å²) >= 11 is 0. The number of benzene rings is 1. The summed E-state index contributed by atoms with van der Waals surface area (Å²) in [5.74, 6) is 0.247. The fraction of sp³-hybridized carbons (Fsp3) is 0.571. The first-order valence-corrected chi connectivity index (χ1v) is 6.19. The molecule has 0 aliphatic carbocycles. The SMILES string of the molecule is CCC(CC(O)C(C)O)c1cc(F)ccc1OC. The van der Waals surface area contributed by atoms with Gasteiger partial charge in [0.1, 0.15) is 11.6 Å². The minimum Gasteiger partial charge on any atom is -0.496 e. The molecule has 0 aromatic heterocycles. The van der Waals surface area contributed by atoms with Crippen molar-refractivity contribution in [2.45, 2.75) is 44.8 Å². The van der Waals surface area contributed by atoms with Gasteiger partial charge in [0, 0.05) is 5.56 Å². The summed E-state index contributed by atoms with van der Waals surface area (Å²) in [6.07, 6.45) is -0.487. The van der Waals surface area contributed by atoms with E-state index >= 15 is 0 Å². The second-order valence-electron chi connectivity index (χ2n) is 4.54. The van der Waals surface area contributed by atoms with Crippen LogP contribution in [0, 0.1) is 5.82 Å². The van der Waals surface area contributed by atoms with Crippen LogP contribution in [0.3, 0.4) is 0 Å². The predicted octanol–water partition coefficient (Wildman–Crippen LogP) is 2.46. The van der Waals surface area contributed by atoms with Gasteiger partial charge in [-0.2, -0.15) is 0 Å². The van der Waals surface area contributed by atoms with Crippen LogP contribution in [0.25, 0.3) is 0 Å². The molecule has 0 saturated heterocycles. The van der Waals surface area contributed by atoms with Gasteiger partial charge in [-0.15, -0.1) is 0 Å². The van der Waals surface area contributed by atoms with Gasteiger partial charge >= 0.3 is 0 Å². The zero-order valence-corrected chi connectivity index (χ0v) is 11.1. The summed E-state index contributed by atoms with van der Waals surface area (Å²) in [7, 11) is 1.54. The Morgan fingerprint density at radius 2 is 2.00 bits per heavy atom. The van der Waals surface area contributed by atoms with Gasteiger partial charge in [-0.1, -0.05) is 6.92 Å². The summed E-state index contributed by atoms with van der Waals surface area (Å²) < 4.78 is 18.5.